The van der Waals surface area contributed by atoms with Gasteiger partial charge in [-0.3, -0.25) is 4.79 Å². The smallest absolute Gasteiger partial charge is 0.332 e. The molecule has 0 aromatic heterocycles. The fourth-order valence-corrected chi connectivity index (χ4v) is 2.16. The molecular formula is C14H17NO6. The number of phenolic OH excluding ortho intramolecular Hbond substituents is 1. The lowest BCUT2D eigenvalue weighted by molar-refractivity contribution is -0.149. The summed E-state index contributed by atoms with van der Waals surface area (Å²) < 4.78 is 10.3. The van der Waals surface area contributed by atoms with E-state index in [0.717, 1.165) is 0 Å². The Labute approximate surface area is 121 Å². The van der Waals surface area contributed by atoms with E-state index in [4.69, 9.17) is 14.6 Å². The van der Waals surface area contributed by atoms with Crippen LogP contribution >= 0.6 is 0 Å². The molecule has 0 bridgehead atoms. The summed E-state index contributed by atoms with van der Waals surface area (Å²) >= 11 is 0. The van der Waals surface area contributed by atoms with Gasteiger partial charge in [0.1, 0.15) is 11.5 Å². The lowest BCUT2D eigenvalue weighted by atomic mass is 10.1. The number of hydrogen-bond donors (Lipinski definition) is 3. The zero-order valence-corrected chi connectivity index (χ0v) is 11.5. The van der Waals surface area contributed by atoms with Crippen molar-refractivity contribution in [1.29, 1.82) is 0 Å². The van der Waals surface area contributed by atoms with Crippen molar-refractivity contribution in [3.05, 3.63) is 23.8 Å². The van der Waals surface area contributed by atoms with Crippen molar-refractivity contribution in [2.24, 2.45) is 0 Å². The molecule has 0 saturated carbocycles. The molecule has 21 heavy (non-hydrogen) atoms. The van der Waals surface area contributed by atoms with E-state index in [2.05, 4.69) is 5.32 Å². The summed E-state index contributed by atoms with van der Waals surface area (Å²) in [5.74, 6) is -1.15. The van der Waals surface area contributed by atoms with Gasteiger partial charge >= 0.3 is 5.97 Å². The van der Waals surface area contributed by atoms with E-state index in [1.165, 1.54) is 19.2 Å². The summed E-state index contributed by atoms with van der Waals surface area (Å²) in [5.41, 5.74) is 0.0992. The number of carbonyl (C=O) groups excluding carboxylic acids is 1. The first-order chi connectivity index (χ1) is 10.0. The predicted molar refractivity (Wildman–Crippen MR) is 72.5 cm³/mol. The van der Waals surface area contributed by atoms with Gasteiger partial charge in [0.2, 0.25) is 0 Å². The van der Waals surface area contributed by atoms with Crippen LogP contribution in [0.3, 0.4) is 0 Å². The van der Waals surface area contributed by atoms with E-state index < -0.39 is 18.0 Å². The summed E-state index contributed by atoms with van der Waals surface area (Å²) in [7, 11) is 1.46. The molecule has 2 rings (SSSR count). The highest BCUT2D eigenvalue weighted by atomic mass is 16.5. The first kappa shape index (κ1) is 15.1. The number of aromatic hydroxyl groups is 1. The molecule has 0 aliphatic carbocycles. The van der Waals surface area contributed by atoms with Crippen molar-refractivity contribution in [1.82, 2.24) is 5.32 Å². The lowest BCUT2D eigenvalue weighted by Gasteiger charge is -2.13. The van der Waals surface area contributed by atoms with Gasteiger partial charge in [-0.05, 0) is 31.0 Å². The molecule has 0 radical (unpaired) electrons. The van der Waals surface area contributed by atoms with Crippen LogP contribution < -0.4 is 10.1 Å². The number of carbonyl (C=O) groups is 2. The average Bonchev–Trinajstić information content (AvgIpc) is 2.94. The highest BCUT2D eigenvalue weighted by Gasteiger charge is 2.30. The first-order valence-electron chi connectivity index (χ1n) is 6.54. The minimum absolute atomic E-state index is 0.0992. The fraction of sp³-hybridized carbons (Fsp3) is 0.429. The van der Waals surface area contributed by atoms with Crippen LogP contribution in [0.25, 0.3) is 0 Å². The van der Waals surface area contributed by atoms with Crippen LogP contribution in [-0.2, 0) is 9.53 Å². The molecule has 1 saturated heterocycles. The average molecular weight is 295 g/mol. The molecule has 1 aromatic rings. The maximum Gasteiger partial charge on any atom is 0.332 e. The Morgan fingerprint density at radius 3 is 2.81 bits per heavy atom. The van der Waals surface area contributed by atoms with Gasteiger partial charge in [0, 0.05) is 6.54 Å². The standard InChI is InChI=1S/C14H17NO6/c1-20-8-2-4-11(16)10(6-8)13(17)15-7-9-3-5-12(21-9)14(18)19/h2,4,6,9,12,16H,3,5,7H2,1H3,(H,15,17)(H,18,19). The third-order valence-corrected chi connectivity index (χ3v) is 3.32. The van der Waals surface area contributed by atoms with Crippen molar-refractivity contribution >= 4 is 11.9 Å². The first-order valence-corrected chi connectivity index (χ1v) is 6.54. The zero-order chi connectivity index (χ0) is 15.4. The molecule has 1 aromatic carbocycles. The van der Waals surface area contributed by atoms with Crippen LogP contribution in [-0.4, -0.2) is 48.0 Å². The largest absolute Gasteiger partial charge is 0.507 e. The molecule has 1 aliphatic rings. The van der Waals surface area contributed by atoms with E-state index in [-0.39, 0.29) is 24.0 Å². The summed E-state index contributed by atoms with van der Waals surface area (Å²) in [6.45, 7) is 0.194. The molecule has 0 spiro atoms. The van der Waals surface area contributed by atoms with Gasteiger partial charge in [-0.2, -0.15) is 0 Å². The molecule has 2 unspecified atom stereocenters. The SMILES string of the molecule is COc1ccc(O)c(C(=O)NCC2CCC(C(=O)O)O2)c1. The summed E-state index contributed by atoms with van der Waals surface area (Å²) in [6.07, 6.45) is -0.137. The molecule has 114 valence electrons. The molecule has 3 N–H and O–H groups in total. The second kappa shape index (κ2) is 6.45. The van der Waals surface area contributed by atoms with Gasteiger partial charge in [-0.25, -0.2) is 4.79 Å². The number of aliphatic carboxylic acids is 1. The van der Waals surface area contributed by atoms with Crippen molar-refractivity contribution < 1.29 is 29.3 Å². The fourth-order valence-electron chi connectivity index (χ4n) is 2.16. The van der Waals surface area contributed by atoms with E-state index in [0.29, 0.717) is 18.6 Å². The van der Waals surface area contributed by atoms with Gasteiger partial charge in [0.05, 0.1) is 18.8 Å². The summed E-state index contributed by atoms with van der Waals surface area (Å²) in [4.78, 5) is 22.8. The highest BCUT2D eigenvalue weighted by Crippen LogP contribution is 2.23. The Hall–Kier alpha value is -2.28. The van der Waals surface area contributed by atoms with Crippen molar-refractivity contribution in [2.45, 2.75) is 25.0 Å². The number of hydrogen-bond acceptors (Lipinski definition) is 5. The van der Waals surface area contributed by atoms with Crippen LogP contribution in [0.5, 0.6) is 11.5 Å². The van der Waals surface area contributed by atoms with Gasteiger partial charge < -0.3 is 25.0 Å². The Balaban J connectivity index is 1.92. The third kappa shape index (κ3) is 3.63. The zero-order valence-electron chi connectivity index (χ0n) is 11.5. The third-order valence-electron chi connectivity index (χ3n) is 3.32. The van der Waals surface area contributed by atoms with Gasteiger partial charge in [0.25, 0.3) is 5.91 Å². The second-order valence-corrected chi connectivity index (χ2v) is 4.76. The number of nitrogens with one attached hydrogen (secondary N) is 1. The highest BCUT2D eigenvalue weighted by molar-refractivity contribution is 5.97. The number of carboxylic acids is 1. The van der Waals surface area contributed by atoms with E-state index in [9.17, 15) is 14.7 Å². The van der Waals surface area contributed by atoms with Gasteiger partial charge in [0.15, 0.2) is 6.10 Å². The molecule has 1 aliphatic heterocycles. The number of amides is 1. The molecule has 7 nitrogen and oxygen atoms in total. The topological polar surface area (TPSA) is 105 Å². The summed E-state index contributed by atoms with van der Waals surface area (Å²) in [5, 5.41) is 21.1. The van der Waals surface area contributed by atoms with Gasteiger partial charge in [-0.1, -0.05) is 0 Å². The number of rotatable bonds is 5. The molecular weight excluding hydrogens is 278 g/mol. The van der Waals surface area contributed by atoms with Crippen LogP contribution in [0.1, 0.15) is 23.2 Å². The normalized spacial score (nSPS) is 21.0. The number of ether oxygens (including phenoxy) is 2. The number of methoxy groups -OCH3 is 1. The van der Waals surface area contributed by atoms with Crippen LogP contribution in [0.2, 0.25) is 0 Å². The molecule has 1 amide bonds. The number of phenols is 1. The number of benzene rings is 1. The Bertz CT molecular complexity index is 544. The van der Waals surface area contributed by atoms with Crippen LogP contribution in [0, 0.1) is 0 Å². The maximum atomic E-state index is 12.0. The van der Waals surface area contributed by atoms with Crippen LogP contribution in [0.4, 0.5) is 0 Å². The quantitative estimate of drug-likeness (QED) is 0.741. The molecule has 7 heteroatoms. The van der Waals surface area contributed by atoms with E-state index in [1.54, 1.807) is 6.07 Å². The second-order valence-electron chi connectivity index (χ2n) is 4.76. The Morgan fingerprint density at radius 1 is 1.43 bits per heavy atom. The monoisotopic (exact) mass is 295 g/mol. The molecule has 1 fully saturated rings. The molecule has 2 atom stereocenters. The van der Waals surface area contributed by atoms with E-state index >= 15 is 0 Å². The lowest BCUT2D eigenvalue weighted by Crippen LogP contribution is -2.33. The number of carboxylic acid groups (broad SMARTS) is 1. The minimum Gasteiger partial charge on any atom is -0.507 e. The maximum absolute atomic E-state index is 12.0. The van der Waals surface area contributed by atoms with E-state index in [1.807, 2.05) is 0 Å². The Kier molecular flexibility index (Phi) is 4.64. The van der Waals surface area contributed by atoms with Crippen molar-refractivity contribution in [3.63, 3.8) is 0 Å². The molecule has 1 heterocycles. The van der Waals surface area contributed by atoms with Crippen molar-refractivity contribution in [3.8, 4) is 11.5 Å². The van der Waals surface area contributed by atoms with Crippen molar-refractivity contribution in [2.75, 3.05) is 13.7 Å². The minimum atomic E-state index is -0.991. The predicted octanol–water partition coefficient (Wildman–Crippen LogP) is 0.763. The summed E-state index contributed by atoms with van der Waals surface area (Å²) in [6, 6.07) is 4.35. The van der Waals surface area contributed by atoms with Crippen LogP contribution in [0.15, 0.2) is 18.2 Å². The van der Waals surface area contributed by atoms with Gasteiger partial charge in [-0.15, -0.1) is 0 Å². The Morgan fingerprint density at radius 2 is 2.19 bits per heavy atom.